The first-order valence-electron chi connectivity index (χ1n) is 6.86. The lowest BCUT2D eigenvalue weighted by Gasteiger charge is -2.30. The summed E-state index contributed by atoms with van der Waals surface area (Å²) in [5, 5.41) is 0.705. The molecule has 1 amide bonds. The number of esters is 1. The standard InChI is InChI=1S/C15H17Cl2NO3/c1-10-2-4-18(5-3-10)14(19)9-21-15(20)11-6-12(16)8-13(17)7-11/h6-8,10H,2-5,9H2,1H3. The Morgan fingerprint density at radius 3 is 2.33 bits per heavy atom. The van der Waals surface area contributed by atoms with Crippen molar-refractivity contribution in [2.24, 2.45) is 5.92 Å². The van der Waals surface area contributed by atoms with Crippen molar-refractivity contribution in [3.05, 3.63) is 33.8 Å². The lowest BCUT2D eigenvalue weighted by Crippen LogP contribution is -2.40. The summed E-state index contributed by atoms with van der Waals surface area (Å²) in [6.07, 6.45) is 1.98. The Morgan fingerprint density at radius 2 is 1.76 bits per heavy atom. The molecule has 1 saturated heterocycles. The van der Waals surface area contributed by atoms with Crippen LogP contribution in [0.15, 0.2) is 18.2 Å². The fourth-order valence-electron chi connectivity index (χ4n) is 2.23. The first kappa shape index (κ1) is 16.1. The summed E-state index contributed by atoms with van der Waals surface area (Å²) in [5.41, 5.74) is 0.243. The van der Waals surface area contributed by atoms with Gasteiger partial charge >= 0.3 is 5.97 Å². The minimum absolute atomic E-state index is 0.164. The van der Waals surface area contributed by atoms with Gasteiger partial charge in [0.2, 0.25) is 0 Å². The van der Waals surface area contributed by atoms with Crippen LogP contribution in [0.4, 0.5) is 0 Å². The lowest BCUT2D eigenvalue weighted by atomic mass is 9.99. The third-order valence-corrected chi connectivity index (χ3v) is 4.00. The lowest BCUT2D eigenvalue weighted by molar-refractivity contribution is -0.135. The molecule has 0 N–H and O–H groups in total. The number of benzene rings is 1. The smallest absolute Gasteiger partial charge is 0.338 e. The first-order chi connectivity index (χ1) is 9.95. The van der Waals surface area contributed by atoms with Crippen molar-refractivity contribution in [1.82, 2.24) is 4.90 Å². The average molecular weight is 330 g/mol. The van der Waals surface area contributed by atoms with E-state index in [2.05, 4.69) is 6.92 Å². The fraction of sp³-hybridized carbons (Fsp3) is 0.467. The van der Waals surface area contributed by atoms with E-state index >= 15 is 0 Å². The Kier molecular flexibility index (Phi) is 5.48. The highest BCUT2D eigenvalue weighted by Crippen LogP contribution is 2.20. The van der Waals surface area contributed by atoms with Crippen LogP contribution >= 0.6 is 23.2 Å². The summed E-state index contributed by atoms with van der Waals surface area (Å²) in [7, 11) is 0. The molecule has 0 aliphatic carbocycles. The molecule has 6 heteroatoms. The Bertz CT molecular complexity index is 519. The molecule has 1 aromatic rings. The Labute approximate surface area is 134 Å². The van der Waals surface area contributed by atoms with Crippen LogP contribution in [-0.2, 0) is 9.53 Å². The second kappa shape index (κ2) is 7.14. The van der Waals surface area contributed by atoms with E-state index in [4.69, 9.17) is 27.9 Å². The number of hydrogen-bond acceptors (Lipinski definition) is 3. The maximum atomic E-state index is 12.0. The van der Waals surface area contributed by atoms with E-state index in [0.29, 0.717) is 16.0 Å². The van der Waals surface area contributed by atoms with Gasteiger partial charge in [-0.2, -0.15) is 0 Å². The van der Waals surface area contributed by atoms with Gasteiger partial charge in [0.1, 0.15) is 0 Å². The van der Waals surface area contributed by atoms with Crippen LogP contribution in [0.2, 0.25) is 10.0 Å². The van der Waals surface area contributed by atoms with E-state index in [-0.39, 0.29) is 18.1 Å². The average Bonchev–Trinajstić information content (AvgIpc) is 2.44. The molecule has 0 radical (unpaired) electrons. The number of rotatable bonds is 3. The van der Waals surface area contributed by atoms with Crippen molar-refractivity contribution in [2.45, 2.75) is 19.8 Å². The number of hydrogen-bond donors (Lipinski definition) is 0. The summed E-state index contributed by atoms with van der Waals surface area (Å²) in [6.45, 7) is 3.36. The van der Waals surface area contributed by atoms with E-state index < -0.39 is 5.97 Å². The summed E-state index contributed by atoms with van der Waals surface area (Å²) >= 11 is 11.6. The van der Waals surface area contributed by atoms with Crippen LogP contribution in [0.3, 0.4) is 0 Å². The monoisotopic (exact) mass is 329 g/mol. The maximum Gasteiger partial charge on any atom is 0.338 e. The van der Waals surface area contributed by atoms with Crippen molar-refractivity contribution in [1.29, 1.82) is 0 Å². The molecular formula is C15H17Cl2NO3. The molecule has 2 rings (SSSR count). The molecule has 21 heavy (non-hydrogen) atoms. The molecule has 4 nitrogen and oxygen atoms in total. The number of ether oxygens (including phenoxy) is 1. The highest BCUT2D eigenvalue weighted by molar-refractivity contribution is 6.35. The van der Waals surface area contributed by atoms with Crippen molar-refractivity contribution in [3.8, 4) is 0 Å². The Balaban J connectivity index is 1.87. The topological polar surface area (TPSA) is 46.6 Å². The molecule has 1 aliphatic rings. The summed E-state index contributed by atoms with van der Waals surface area (Å²) in [6, 6.07) is 4.45. The number of halogens is 2. The molecule has 0 spiro atoms. The van der Waals surface area contributed by atoms with Crippen LogP contribution in [0.5, 0.6) is 0 Å². The zero-order valence-electron chi connectivity index (χ0n) is 11.8. The zero-order valence-corrected chi connectivity index (χ0v) is 13.3. The largest absolute Gasteiger partial charge is 0.452 e. The Hall–Kier alpha value is -1.26. The minimum atomic E-state index is -0.599. The molecule has 0 unspecified atom stereocenters. The number of likely N-dealkylation sites (tertiary alicyclic amines) is 1. The number of amides is 1. The molecule has 0 aromatic heterocycles. The number of carbonyl (C=O) groups excluding carboxylic acids is 2. The summed E-state index contributed by atoms with van der Waals surface area (Å²) in [4.78, 5) is 25.6. The predicted molar refractivity (Wildman–Crippen MR) is 81.7 cm³/mol. The van der Waals surface area contributed by atoms with Gasteiger partial charge in [-0.1, -0.05) is 30.1 Å². The molecule has 1 aliphatic heterocycles. The van der Waals surface area contributed by atoms with E-state index in [1.54, 1.807) is 4.90 Å². The van der Waals surface area contributed by atoms with Crippen molar-refractivity contribution >= 4 is 35.1 Å². The maximum absolute atomic E-state index is 12.0. The number of nitrogens with zero attached hydrogens (tertiary/aromatic N) is 1. The second-order valence-electron chi connectivity index (χ2n) is 5.30. The van der Waals surface area contributed by atoms with Gasteiger partial charge in [0, 0.05) is 23.1 Å². The summed E-state index contributed by atoms with van der Waals surface area (Å²) < 4.78 is 5.03. The highest BCUT2D eigenvalue weighted by Gasteiger charge is 2.21. The van der Waals surface area contributed by atoms with Gasteiger partial charge in [-0.05, 0) is 37.0 Å². The molecule has 0 atom stereocenters. The fourth-order valence-corrected chi connectivity index (χ4v) is 2.76. The molecule has 0 bridgehead atoms. The normalized spacial score (nSPS) is 15.9. The van der Waals surface area contributed by atoms with E-state index in [9.17, 15) is 9.59 Å². The van der Waals surface area contributed by atoms with Gasteiger partial charge in [-0.3, -0.25) is 4.79 Å². The molecule has 1 heterocycles. The third kappa shape index (κ3) is 4.61. The van der Waals surface area contributed by atoms with Crippen LogP contribution in [0, 0.1) is 5.92 Å². The van der Waals surface area contributed by atoms with Crippen molar-refractivity contribution in [3.63, 3.8) is 0 Å². The zero-order chi connectivity index (χ0) is 15.4. The predicted octanol–water partition coefficient (Wildman–Crippen LogP) is 3.41. The molecule has 1 fully saturated rings. The molecule has 114 valence electrons. The highest BCUT2D eigenvalue weighted by atomic mass is 35.5. The van der Waals surface area contributed by atoms with Crippen LogP contribution in [0.25, 0.3) is 0 Å². The van der Waals surface area contributed by atoms with Gasteiger partial charge < -0.3 is 9.64 Å². The van der Waals surface area contributed by atoms with E-state index in [1.165, 1.54) is 18.2 Å². The van der Waals surface area contributed by atoms with Crippen LogP contribution < -0.4 is 0 Å². The van der Waals surface area contributed by atoms with Gasteiger partial charge in [0.05, 0.1) is 5.56 Å². The van der Waals surface area contributed by atoms with Crippen LogP contribution in [-0.4, -0.2) is 36.5 Å². The van der Waals surface area contributed by atoms with Gasteiger partial charge in [-0.25, -0.2) is 4.79 Å². The van der Waals surface area contributed by atoms with Gasteiger partial charge in [-0.15, -0.1) is 0 Å². The summed E-state index contributed by atoms with van der Waals surface area (Å²) in [5.74, 6) is -0.119. The van der Waals surface area contributed by atoms with Gasteiger partial charge in [0.15, 0.2) is 6.61 Å². The first-order valence-corrected chi connectivity index (χ1v) is 7.62. The van der Waals surface area contributed by atoms with E-state index in [0.717, 1.165) is 25.9 Å². The van der Waals surface area contributed by atoms with Crippen LogP contribution in [0.1, 0.15) is 30.1 Å². The van der Waals surface area contributed by atoms with Crippen molar-refractivity contribution in [2.75, 3.05) is 19.7 Å². The van der Waals surface area contributed by atoms with Crippen molar-refractivity contribution < 1.29 is 14.3 Å². The SMILES string of the molecule is CC1CCN(C(=O)COC(=O)c2cc(Cl)cc(Cl)c2)CC1. The third-order valence-electron chi connectivity index (χ3n) is 3.56. The molecular weight excluding hydrogens is 313 g/mol. The van der Waals surface area contributed by atoms with Gasteiger partial charge in [0.25, 0.3) is 5.91 Å². The second-order valence-corrected chi connectivity index (χ2v) is 6.17. The minimum Gasteiger partial charge on any atom is -0.452 e. The Morgan fingerprint density at radius 1 is 1.19 bits per heavy atom. The molecule has 1 aromatic carbocycles. The molecule has 0 saturated carbocycles. The van der Waals surface area contributed by atoms with E-state index in [1.807, 2.05) is 0 Å². The quantitative estimate of drug-likeness (QED) is 0.798. The number of carbonyl (C=O) groups is 2. The number of piperidine rings is 1.